The molecule has 1 aromatic carbocycles. The Kier molecular flexibility index (Phi) is 1.73. The first-order valence-corrected chi connectivity index (χ1v) is 3.99. The van der Waals surface area contributed by atoms with E-state index < -0.39 is 0 Å². The highest BCUT2D eigenvalue weighted by atomic mass is 14.9. The van der Waals surface area contributed by atoms with Crippen LogP contribution in [0.15, 0.2) is 24.5 Å². The zero-order chi connectivity index (χ0) is 9.26. The van der Waals surface area contributed by atoms with Gasteiger partial charge in [0.25, 0.3) is 0 Å². The monoisotopic (exact) mass is 174 g/mol. The van der Waals surface area contributed by atoms with E-state index in [4.69, 9.17) is 5.73 Å². The predicted molar refractivity (Wildman–Crippen MR) is 53.5 cm³/mol. The number of rotatable bonds is 1. The Hall–Kier alpha value is -1.84. The first-order valence-electron chi connectivity index (χ1n) is 3.99. The fourth-order valence-electron chi connectivity index (χ4n) is 1.23. The Bertz CT molecular complexity index is 439. The molecule has 66 valence electrons. The second-order valence-corrected chi connectivity index (χ2v) is 2.74. The summed E-state index contributed by atoms with van der Waals surface area (Å²) in [4.78, 5) is 8.02. The number of hydrogen-bond donors (Lipinski definition) is 2. The van der Waals surface area contributed by atoms with E-state index in [1.807, 2.05) is 25.2 Å². The van der Waals surface area contributed by atoms with Crippen LogP contribution in [-0.4, -0.2) is 17.0 Å². The van der Waals surface area contributed by atoms with Crippen LogP contribution in [0.25, 0.3) is 10.9 Å². The van der Waals surface area contributed by atoms with Crippen LogP contribution in [0.3, 0.4) is 0 Å². The topological polar surface area (TPSA) is 63.8 Å². The Labute approximate surface area is 75.8 Å². The summed E-state index contributed by atoms with van der Waals surface area (Å²) in [6.45, 7) is 0. The van der Waals surface area contributed by atoms with E-state index >= 15 is 0 Å². The van der Waals surface area contributed by atoms with Crippen LogP contribution >= 0.6 is 0 Å². The van der Waals surface area contributed by atoms with Gasteiger partial charge in [0.05, 0.1) is 5.52 Å². The highest BCUT2D eigenvalue weighted by molar-refractivity contribution is 5.90. The van der Waals surface area contributed by atoms with Gasteiger partial charge >= 0.3 is 0 Å². The molecular weight excluding hydrogens is 164 g/mol. The second-order valence-electron chi connectivity index (χ2n) is 2.74. The van der Waals surface area contributed by atoms with E-state index in [1.54, 1.807) is 0 Å². The van der Waals surface area contributed by atoms with Gasteiger partial charge in [-0.1, -0.05) is 0 Å². The van der Waals surface area contributed by atoms with Gasteiger partial charge in [0.1, 0.15) is 12.1 Å². The maximum absolute atomic E-state index is 5.70. The highest BCUT2D eigenvalue weighted by Gasteiger charge is 1.99. The molecule has 1 aromatic heterocycles. The normalized spacial score (nSPS) is 10.2. The van der Waals surface area contributed by atoms with E-state index in [0.717, 1.165) is 16.6 Å². The molecule has 0 saturated heterocycles. The van der Waals surface area contributed by atoms with Gasteiger partial charge in [-0.05, 0) is 18.2 Å². The Morgan fingerprint density at radius 1 is 1.31 bits per heavy atom. The molecule has 0 amide bonds. The lowest BCUT2D eigenvalue weighted by Gasteiger charge is -2.03. The van der Waals surface area contributed by atoms with E-state index in [-0.39, 0.29) is 0 Å². The van der Waals surface area contributed by atoms with Crippen LogP contribution in [0.2, 0.25) is 0 Å². The fourth-order valence-corrected chi connectivity index (χ4v) is 1.23. The van der Waals surface area contributed by atoms with E-state index in [9.17, 15) is 0 Å². The van der Waals surface area contributed by atoms with Crippen molar-refractivity contribution in [3.05, 3.63) is 24.5 Å². The van der Waals surface area contributed by atoms with Crippen LogP contribution in [0.1, 0.15) is 0 Å². The number of hydrogen-bond acceptors (Lipinski definition) is 4. The summed E-state index contributed by atoms with van der Waals surface area (Å²) in [5.41, 5.74) is 7.58. The van der Waals surface area contributed by atoms with E-state index in [2.05, 4.69) is 15.3 Å². The number of nitrogen functional groups attached to an aromatic ring is 1. The van der Waals surface area contributed by atoms with Crippen molar-refractivity contribution >= 4 is 22.4 Å². The van der Waals surface area contributed by atoms with Gasteiger partial charge in [-0.3, -0.25) is 0 Å². The van der Waals surface area contributed by atoms with Crippen molar-refractivity contribution < 1.29 is 0 Å². The highest BCUT2D eigenvalue weighted by Crippen LogP contribution is 2.20. The molecule has 0 unspecified atom stereocenters. The van der Waals surface area contributed by atoms with Gasteiger partial charge in [0, 0.05) is 18.1 Å². The summed E-state index contributed by atoms with van der Waals surface area (Å²) in [7, 11) is 1.86. The predicted octanol–water partition coefficient (Wildman–Crippen LogP) is 1.25. The van der Waals surface area contributed by atoms with Crippen molar-refractivity contribution in [3.63, 3.8) is 0 Å². The van der Waals surface area contributed by atoms with Gasteiger partial charge in [0.2, 0.25) is 0 Å². The minimum Gasteiger partial charge on any atom is -0.388 e. The number of benzene rings is 1. The zero-order valence-electron chi connectivity index (χ0n) is 7.28. The largest absolute Gasteiger partial charge is 0.388 e. The van der Waals surface area contributed by atoms with Crippen molar-refractivity contribution in [2.45, 2.75) is 0 Å². The molecule has 0 bridgehead atoms. The molecule has 0 radical (unpaired) electrons. The SMILES string of the molecule is CNc1ccc2ncnc(N)c2c1. The van der Waals surface area contributed by atoms with Gasteiger partial charge in [-0.25, -0.2) is 9.97 Å². The molecule has 2 aromatic rings. The molecule has 0 aliphatic heterocycles. The van der Waals surface area contributed by atoms with Crippen molar-refractivity contribution in [3.8, 4) is 0 Å². The molecule has 0 aliphatic rings. The Morgan fingerprint density at radius 3 is 2.92 bits per heavy atom. The summed E-state index contributed by atoms with van der Waals surface area (Å²) in [5, 5.41) is 3.92. The molecule has 2 rings (SSSR count). The molecule has 4 nitrogen and oxygen atoms in total. The average molecular weight is 174 g/mol. The number of anilines is 2. The summed E-state index contributed by atoms with van der Waals surface area (Å²) in [6.07, 6.45) is 1.47. The third-order valence-electron chi connectivity index (χ3n) is 1.95. The lowest BCUT2D eigenvalue weighted by atomic mass is 10.2. The minimum absolute atomic E-state index is 0.516. The molecular formula is C9H10N4. The number of fused-ring (bicyclic) bond motifs is 1. The van der Waals surface area contributed by atoms with Crippen LogP contribution in [0.5, 0.6) is 0 Å². The first-order chi connectivity index (χ1) is 6.31. The summed E-state index contributed by atoms with van der Waals surface area (Å²) >= 11 is 0. The molecule has 3 N–H and O–H groups in total. The fraction of sp³-hybridized carbons (Fsp3) is 0.111. The first kappa shape index (κ1) is 7.79. The van der Waals surface area contributed by atoms with Gasteiger partial charge in [-0.2, -0.15) is 0 Å². The van der Waals surface area contributed by atoms with Crippen LogP contribution in [0, 0.1) is 0 Å². The van der Waals surface area contributed by atoms with Gasteiger partial charge in [0.15, 0.2) is 0 Å². The quantitative estimate of drug-likeness (QED) is 0.683. The molecule has 1 heterocycles. The standard InChI is InChI=1S/C9H10N4/c1-11-6-2-3-8-7(4-6)9(10)13-5-12-8/h2-5,11H,1H3,(H2,10,12,13). The van der Waals surface area contributed by atoms with Crippen molar-refractivity contribution in [1.82, 2.24) is 9.97 Å². The lowest BCUT2D eigenvalue weighted by Crippen LogP contribution is -1.94. The number of nitrogens with one attached hydrogen (secondary N) is 1. The molecule has 4 heteroatoms. The molecule has 0 saturated carbocycles. The lowest BCUT2D eigenvalue weighted by molar-refractivity contribution is 1.23. The Morgan fingerprint density at radius 2 is 2.15 bits per heavy atom. The number of nitrogens with zero attached hydrogens (tertiary/aromatic N) is 2. The number of aromatic nitrogens is 2. The van der Waals surface area contributed by atoms with Crippen LogP contribution in [-0.2, 0) is 0 Å². The van der Waals surface area contributed by atoms with Crippen molar-refractivity contribution in [1.29, 1.82) is 0 Å². The zero-order valence-corrected chi connectivity index (χ0v) is 7.28. The summed E-state index contributed by atoms with van der Waals surface area (Å²) < 4.78 is 0. The van der Waals surface area contributed by atoms with Crippen LogP contribution in [0.4, 0.5) is 11.5 Å². The maximum Gasteiger partial charge on any atom is 0.134 e. The molecule has 0 atom stereocenters. The van der Waals surface area contributed by atoms with Gasteiger partial charge in [-0.15, -0.1) is 0 Å². The van der Waals surface area contributed by atoms with E-state index in [1.165, 1.54) is 6.33 Å². The molecule has 0 aliphatic carbocycles. The third-order valence-corrected chi connectivity index (χ3v) is 1.95. The summed E-state index contributed by atoms with van der Waals surface area (Å²) in [5.74, 6) is 0.516. The van der Waals surface area contributed by atoms with Gasteiger partial charge < -0.3 is 11.1 Å². The minimum atomic E-state index is 0.516. The Balaban J connectivity index is 2.74. The summed E-state index contributed by atoms with van der Waals surface area (Å²) in [6, 6.07) is 5.80. The molecule has 13 heavy (non-hydrogen) atoms. The smallest absolute Gasteiger partial charge is 0.134 e. The third kappa shape index (κ3) is 1.26. The van der Waals surface area contributed by atoms with Crippen LogP contribution < -0.4 is 11.1 Å². The maximum atomic E-state index is 5.70. The second kappa shape index (κ2) is 2.90. The molecule has 0 spiro atoms. The van der Waals surface area contributed by atoms with E-state index in [0.29, 0.717) is 5.82 Å². The number of nitrogens with two attached hydrogens (primary N) is 1. The average Bonchev–Trinajstić information content (AvgIpc) is 2.18. The van der Waals surface area contributed by atoms with Crippen molar-refractivity contribution in [2.75, 3.05) is 18.1 Å². The molecule has 0 fully saturated rings. The van der Waals surface area contributed by atoms with Crippen molar-refractivity contribution in [2.24, 2.45) is 0 Å².